The van der Waals surface area contributed by atoms with E-state index in [9.17, 15) is 14.0 Å². The van der Waals surface area contributed by atoms with E-state index in [-0.39, 0.29) is 23.4 Å². The maximum atomic E-state index is 13.6. The number of carbonyl (C=O) groups excluding carboxylic acids is 2. The first-order valence-electron chi connectivity index (χ1n) is 7.98. The van der Waals surface area contributed by atoms with Crippen molar-refractivity contribution in [1.82, 2.24) is 19.8 Å². The van der Waals surface area contributed by atoms with Crippen molar-refractivity contribution in [2.45, 2.75) is 12.5 Å². The number of halogens is 1. The minimum absolute atomic E-state index is 0.0126. The van der Waals surface area contributed by atoms with E-state index in [0.717, 1.165) is 5.75 Å². The summed E-state index contributed by atoms with van der Waals surface area (Å²) in [6, 6.07) is 5.56. The van der Waals surface area contributed by atoms with Crippen molar-refractivity contribution in [2.75, 3.05) is 18.8 Å². The highest BCUT2D eigenvalue weighted by atomic mass is 32.2. The number of benzene rings is 1. The average Bonchev–Trinajstić information content (AvgIpc) is 3.19. The highest BCUT2D eigenvalue weighted by Gasteiger charge is 2.24. The van der Waals surface area contributed by atoms with Gasteiger partial charge in [0.05, 0.1) is 0 Å². The molecule has 6 nitrogen and oxygen atoms in total. The summed E-state index contributed by atoms with van der Waals surface area (Å²) in [6.07, 6.45) is 3.60. The van der Waals surface area contributed by atoms with Crippen LogP contribution in [0.3, 0.4) is 0 Å². The van der Waals surface area contributed by atoms with Gasteiger partial charge in [0.1, 0.15) is 17.7 Å². The van der Waals surface area contributed by atoms with E-state index in [4.69, 9.17) is 0 Å². The highest BCUT2D eigenvalue weighted by molar-refractivity contribution is 8.13. The van der Waals surface area contributed by atoms with E-state index in [2.05, 4.69) is 10.3 Å². The predicted molar refractivity (Wildman–Crippen MR) is 93.6 cm³/mol. The van der Waals surface area contributed by atoms with Crippen LogP contribution in [0.4, 0.5) is 9.18 Å². The minimum Gasteiger partial charge on any atom is -0.342 e. The van der Waals surface area contributed by atoms with Crippen LogP contribution in [0.2, 0.25) is 0 Å². The number of aromatic nitrogens is 2. The van der Waals surface area contributed by atoms with Crippen LogP contribution in [0.25, 0.3) is 0 Å². The van der Waals surface area contributed by atoms with Gasteiger partial charge in [-0.2, -0.15) is 0 Å². The molecule has 1 unspecified atom stereocenters. The van der Waals surface area contributed by atoms with Gasteiger partial charge >= 0.3 is 0 Å². The minimum atomic E-state index is -0.549. The lowest BCUT2D eigenvalue weighted by molar-refractivity contribution is -0.121. The Balaban J connectivity index is 1.72. The first-order valence-corrected chi connectivity index (χ1v) is 8.97. The molecule has 132 valence electrons. The number of hydrogen-bond acceptors (Lipinski definition) is 4. The van der Waals surface area contributed by atoms with Crippen molar-refractivity contribution < 1.29 is 14.0 Å². The number of aryl methyl sites for hydroxylation is 1. The second kappa shape index (κ2) is 7.69. The normalized spacial score (nSPS) is 15.4. The molecule has 1 aromatic carbocycles. The third-order valence-corrected chi connectivity index (χ3v) is 4.95. The van der Waals surface area contributed by atoms with E-state index in [1.165, 1.54) is 23.9 Å². The Hall–Kier alpha value is -2.35. The Bertz CT molecular complexity index is 780. The maximum absolute atomic E-state index is 13.6. The van der Waals surface area contributed by atoms with Gasteiger partial charge in [0, 0.05) is 44.7 Å². The van der Waals surface area contributed by atoms with E-state index in [1.807, 2.05) is 7.05 Å². The topological polar surface area (TPSA) is 67.2 Å². The second-order valence-corrected chi connectivity index (χ2v) is 6.85. The lowest BCUT2D eigenvalue weighted by atomic mass is 10.1. The molecule has 1 saturated heterocycles. The summed E-state index contributed by atoms with van der Waals surface area (Å²) >= 11 is 1.27. The van der Waals surface area contributed by atoms with Crippen LogP contribution in [0.5, 0.6) is 0 Å². The molecule has 0 spiro atoms. The lowest BCUT2D eigenvalue weighted by Gasteiger charge is -2.20. The summed E-state index contributed by atoms with van der Waals surface area (Å²) in [6.45, 7) is 1.05. The molecule has 0 aliphatic carbocycles. The van der Waals surface area contributed by atoms with Crippen LogP contribution in [-0.2, 0) is 11.8 Å². The molecule has 1 aliphatic rings. The molecule has 1 aromatic heterocycles. The lowest BCUT2D eigenvalue weighted by Crippen LogP contribution is -2.34. The molecule has 1 aliphatic heterocycles. The fraction of sp³-hybridized carbons (Fsp3) is 0.353. The number of amides is 2. The fourth-order valence-corrected chi connectivity index (χ4v) is 3.59. The zero-order valence-corrected chi connectivity index (χ0v) is 14.6. The van der Waals surface area contributed by atoms with E-state index >= 15 is 0 Å². The Kier molecular flexibility index (Phi) is 5.37. The van der Waals surface area contributed by atoms with Crippen LogP contribution in [0, 0.1) is 5.82 Å². The molecule has 8 heteroatoms. The van der Waals surface area contributed by atoms with Crippen LogP contribution in [-0.4, -0.2) is 44.4 Å². The molecular formula is C17H19FN4O2S. The molecule has 1 fully saturated rings. The largest absolute Gasteiger partial charge is 0.342 e. The summed E-state index contributed by atoms with van der Waals surface area (Å²) in [5.74, 6) is 0.805. The zero-order chi connectivity index (χ0) is 17.8. The van der Waals surface area contributed by atoms with Gasteiger partial charge in [0.25, 0.3) is 5.24 Å². The van der Waals surface area contributed by atoms with Crippen molar-refractivity contribution in [1.29, 1.82) is 0 Å². The average molecular weight is 362 g/mol. The molecule has 2 amide bonds. The number of rotatable bonds is 6. The number of imidazole rings is 1. The molecule has 3 rings (SSSR count). The molecule has 1 N–H and O–H groups in total. The van der Waals surface area contributed by atoms with E-state index < -0.39 is 6.04 Å². The summed E-state index contributed by atoms with van der Waals surface area (Å²) in [4.78, 5) is 29.9. The van der Waals surface area contributed by atoms with Crippen LogP contribution < -0.4 is 5.32 Å². The standard InChI is InChI=1S/C17H19FN4O2S/c1-21-8-6-19-16(21)15(12-3-2-4-13(18)11-12)20-14(23)5-7-22-9-10-25-17(22)24/h2-4,6,8,11,15H,5,7,9-10H2,1H3,(H,20,23). The Morgan fingerprint density at radius 1 is 1.48 bits per heavy atom. The summed E-state index contributed by atoms with van der Waals surface area (Å²) in [5, 5.41) is 2.92. The summed E-state index contributed by atoms with van der Waals surface area (Å²) in [7, 11) is 1.82. The van der Waals surface area contributed by atoms with Gasteiger partial charge in [-0.25, -0.2) is 9.37 Å². The third kappa shape index (κ3) is 4.19. The molecule has 0 saturated carbocycles. The summed E-state index contributed by atoms with van der Waals surface area (Å²) in [5.41, 5.74) is 0.621. The molecule has 2 heterocycles. The van der Waals surface area contributed by atoms with Crippen molar-refractivity contribution in [2.24, 2.45) is 7.05 Å². The Morgan fingerprint density at radius 3 is 2.96 bits per heavy atom. The number of hydrogen-bond donors (Lipinski definition) is 1. The van der Waals surface area contributed by atoms with E-state index in [0.29, 0.717) is 24.5 Å². The van der Waals surface area contributed by atoms with E-state index in [1.54, 1.807) is 34.0 Å². The number of thioether (sulfide) groups is 1. The smallest absolute Gasteiger partial charge is 0.281 e. The highest BCUT2D eigenvalue weighted by Crippen LogP contribution is 2.22. The van der Waals surface area contributed by atoms with Gasteiger partial charge in [-0.3, -0.25) is 9.59 Å². The summed E-state index contributed by atoms with van der Waals surface area (Å²) < 4.78 is 15.4. The molecule has 1 atom stereocenters. The monoisotopic (exact) mass is 362 g/mol. The molecule has 0 bridgehead atoms. The molecule has 25 heavy (non-hydrogen) atoms. The van der Waals surface area contributed by atoms with Crippen molar-refractivity contribution in [3.8, 4) is 0 Å². The van der Waals surface area contributed by atoms with Gasteiger partial charge < -0.3 is 14.8 Å². The van der Waals surface area contributed by atoms with Crippen LogP contribution in [0.15, 0.2) is 36.7 Å². The van der Waals surface area contributed by atoms with Crippen molar-refractivity contribution in [3.05, 3.63) is 53.9 Å². The van der Waals surface area contributed by atoms with Crippen molar-refractivity contribution >= 4 is 22.9 Å². The molecule has 2 aromatic rings. The fourth-order valence-electron chi connectivity index (χ4n) is 2.74. The van der Waals surface area contributed by atoms with Gasteiger partial charge in [-0.05, 0) is 17.7 Å². The predicted octanol–water partition coefficient (Wildman–Crippen LogP) is 2.32. The Labute approximate surface area is 149 Å². The van der Waals surface area contributed by atoms with Crippen molar-refractivity contribution in [3.63, 3.8) is 0 Å². The molecule has 0 radical (unpaired) electrons. The quantitative estimate of drug-likeness (QED) is 0.856. The van der Waals surface area contributed by atoms with Gasteiger partial charge in [-0.15, -0.1) is 0 Å². The maximum Gasteiger partial charge on any atom is 0.281 e. The number of carbonyl (C=O) groups is 2. The third-order valence-electron chi connectivity index (χ3n) is 4.06. The molecular weight excluding hydrogens is 343 g/mol. The SMILES string of the molecule is Cn1ccnc1C(NC(=O)CCN1CCSC1=O)c1cccc(F)c1. The number of nitrogens with zero attached hydrogens (tertiary/aromatic N) is 3. The zero-order valence-electron chi connectivity index (χ0n) is 13.8. The second-order valence-electron chi connectivity index (χ2n) is 5.80. The van der Waals surface area contributed by atoms with Gasteiger partial charge in [-0.1, -0.05) is 23.9 Å². The first-order chi connectivity index (χ1) is 12.0. The first kappa shape index (κ1) is 17.5. The van der Waals surface area contributed by atoms with Crippen LogP contribution in [0.1, 0.15) is 23.9 Å². The van der Waals surface area contributed by atoms with Crippen LogP contribution >= 0.6 is 11.8 Å². The number of nitrogens with one attached hydrogen (secondary N) is 1. The Morgan fingerprint density at radius 2 is 2.32 bits per heavy atom. The van der Waals surface area contributed by atoms with Gasteiger partial charge in [0.2, 0.25) is 5.91 Å². The van der Waals surface area contributed by atoms with Gasteiger partial charge in [0.15, 0.2) is 0 Å².